The number of nitrogens with zero attached hydrogens (tertiary/aromatic N) is 3. The van der Waals surface area contributed by atoms with Gasteiger partial charge in [0.2, 0.25) is 0 Å². The molecule has 2 heterocycles. The number of pyridine rings is 2. The molecule has 0 unspecified atom stereocenters. The highest BCUT2D eigenvalue weighted by Crippen LogP contribution is 2.06. The van der Waals surface area contributed by atoms with Gasteiger partial charge in [0.05, 0.1) is 11.1 Å². The molecule has 1 N–H and O–H groups in total. The fourth-order valence-electron chi connectivity index (χ4n) is 2.82. The average Bonchev–Trinajstić information content (AvgIpc) is 2.77. The molecule has 1 aromatic carbocycles. The zero-order chi connectivity index (χ0) is 20.6. The molecule has 0 atom stereocenters. The molecule has 0 aliphatic heterocycles. The van der Waals surface area contributed by atoms with Gasteiger partial charge in [-0.25, -0.2) is 0 Å². The largest absolute Gasteiger partial charge is 0.348 e. The number of hydrogen-bond acceptors (Lipinski definition) is 4. The highest BCUT2D eigenvalue weighted by atomic mass is 16.2. The van der Waals surface area contributed by atoms with Crippen molar-refractivity contribution < 1.29 is 9.59 Å². The number of carbonyl (C=O) groups excluding carboxylic acids is 2. The van der Waals surface area contributed by atoms with Crippen molar-refractivity contribution in [1.82, 2.24) is 19.8 Å². The van der Waals surface area contributed by atoms with Gasteiger partial charge in [0.1, 0.15) is 6.67 Å². The number of amides is 2. The summed E-state index contributed by atoms with van der Waals surface area (Å²) < 4.78 is 1.36. The first-order valence-electron chi connectivity index (χ1n) is 9.30. The second-order valence-electron chi connectivity index (χ2n) is 6.44. The van der Waals surface area contributed by atoms with Crippen molar-refractivity contribution >= 4 is 11.8 Å². The summed E-state index contributed by atoms with van der Waals surface area (Å²) in [6.07, 6.45) is 4.55. The predicted octanol–water partition coefficient (Wildman–Crippen LogP) is 2.29. The minimum Gasteiger partial charge on any atom is -0.348 e. The Morgan fingerprint density at radius 3 is 2.52 bits per heavy atom. The first-order chi connectivity index (χ1) is 14.1. The van der Waals surface area contributed by atoms with Crippen LogP contribution in [0.4, 0.5) is 0 Å². The molecule has 7 heteroatoms. The molecule has 0 fully saturated rings. The molecular weight excluding hydrogens is 368 g/mol. The van der Waals surface area contributed by atoms with Crippen LogP contribution < -0.4 is 10.9 Å². The standard InChI is InChI=1S/C22H22N4O3/c1-2-25(22(29)18-9-6-12-23-14-18)16-26-15-19(10-11-20(26)27)21(28)24-13-17-7-4-3-5-8-17/h3-12,14-15H,2,13,16H2,1H3,(H,24,28). The first kappa shape index (κ1) is 20.0. The molecule has 0 aliphatic carbocycles. The molecule has 0 spiro atoms. The Bertz CT molecular complexity index is 1030. The van der Waals surface area contributed by atoms with Gasteiger partial charge in [-0.15, -0.1) is 0 Å². The summed E-state index contributed by atoms with van der Waals surface area (Å²) in [7, 11) is 0. The van der Waals surface area contributed by atoms with E-state index in [9.17, 15) is 14.4 Å². The van der Waals surface area contributed by atoms with Crippen LogP contribution in [0.1, 0.15) is 33.2 Å². The fraction of sp³-hybridized carbons (Fsp3) is 0.182. The molecule has 3 rings (SSSR count). The fourth-order valence-corrected chi connectivity index (χ4v) is 2.82. The monoisotopic (exact) mass is 390 g/mol. The summed E-state index contributed by atoms with van der Waals surface area (Å²) in [5.41, 5.74) is 1.49. The van der Waals surface area contributed by atoms with E-state index in [1.54, 1.807) is 18.3 Å². The van der Waals surface area contributed by atoms with Gasteiger partial charge in [-0.2, -0.15) is 0 Å². The van der Waals surface area contributed by atoms with E-state index in [1.807, 2.05) is 37.3 Å². The quantitative estimate of drug-likeness (QED) is 0.671. The number of hydrogen-bond donors (Lipinski definition) is 1. The number of nitrogens with one attached hydrogen (secondary N) is 1. The van der Waals surface area contributed by atoms with Crippen LogP contribution in [0.3, 0.4) is 0 Å². The molecular formula is C22H22N4O3. The molecule has 0 radical (unpaired) electrons. The maximum atomic E-state index is 12.7. The maximum absolute atomic E-state index is 12.7. The average molecular weight is 390 g/mol. The molecule has 0 saturated heterocycles. The van der Waals surface area contributed by atoms with Gasteiger partial charge in [-0.3, -0.25) is 23.9 Å². The van der Waals surface area contributed by atoms with E-state index in [0.29, 0.717) is 24.2 Å². The van der Waals surface area contributed by atoms with E-state index in [1.165, 1.54) is 34.0 Å². The van der Waals surface area contributed by atoms with Gasteiger partial charge in [0.25, 0.3) is 17.4 Å². The molecule has 2 amide bonds. The van der Waals surface area contributed by atoms with Crippen LogP contribution >= 0.6 is 0 Å². The van der Waals surface area contributed by atoms with Gasteiger partial charge in [0, 0.05) is 37.7 Å². The Balaban J connectivity index is 1.73. The number of rotatable bonds is 7. The lowest BCUT2D eigenvalue weighted by molar-refractivity contribution is 0.0711. The molecule has 0 bridgehead atoms. The van der Waals surface area contributed by atoms with Crippen molar-refractivity contribution in [2.75, 3.05) is 6.54 Å². The van der Waals surface area contributed by atoms with E-state index in [-0.39, 0.29) is 24.0 Å². The molecule has 7 nitrogen and oxygen atoms in total. The van der Waals surface area contributed by atoms with Crippen LogP contribution in [0.2, 0.25) is 0 Å². The summed E-state index contributed by atoms with van der Waals surface area (Å²) in [5.74, 6) is -0.518. The Morgan fingerprint density at radius 2 is 1.83 bits per heavy atom. The zero-order valence-electron chi connectivity index (χ0n) is 16.1. The highest BCUT2D eigenvalue weighted by molar-refractivity contribution is 5.94. The van der Waals surface area contributed by atoms with Crippen molar-refractivity contribution in [3.63, 3.8) is 0 Å². The number of carbonyl (C=O) groups is 2. The second-order valence-corrected chi connectivity index (χ2v) is 6.44. The molecule has 0 aliphatic rings. The SMILES string of the molecule is CCN(Cn1cc(C(=O)NCc2ccccc2)ccc1=O)C(=O)c1cccnc1. The van der Waals surface area contributed by atoms with Gasteiger partial charge in [0.15, 0.2) is 0 Å². The number of aromatic nitrogens is 2. The summed E-state index contributed by atoms with van der Waals surface area (Å²) in [6, 6.07) is 15.7. The van der Waals surface area contributed by atoms with Crippen molar-refractivity contribution in [3.8, 4) is 0 Å². The van der Waals surface area contributed by atoms with Crippen LogP contribution in [0.5, 0.6) is 0 Å². The summed E-state index contributed by atoms with van der Waals surface area (Å²) in [5, 5.41) is 2.83. The second kappa shape index (κ2) is 9.45. The topological polar surface area (TPSA) is 84.3 Å². The third kappa shape index (κ3) is 5.16. The normalized spacial score (nSPS) is 10.4. The zero-order valence-corrected chi connectivity index (χ0v) is 16.1. The van der Waals surface area contributed by atoms with Crippen molar-refractivity contribution in [1.29, 1.82) is 0 Å². The van der Waals surface area contributed by atoms with Gasteiger partial charge in [-0.05, 0) is 30.7 Å². The van der Waals surface area contributed by atoms with Crippen LogP contribution in [0.15, 0.2) is 78.0 Å². The Hall–Kier alpha value is -3.74. The first-order valence-corrected chi connectivity index (χ1v) is 9.30. The minimum atomic E-state index is -0.290. The van der Waals surface area contributed by atoms with Crippen molar-refractivity contribution in [3.05, 3.63) is 100 Å². The van der Waals surface area contributed by atoms with Crippen LogP contribution in [0.25, 0.3) is 0 Å². The summed E-state index contributed by atoms with van der Waals surface area (Å²) in [6.45, 7) is 2.67. The van der Waals surface area contributed by atoms with E-state index >= 15 is 0 Å². The summed E-state index contributed by atoms with van der Waals surface area (Å²) in [4.78, 5) is 42.9. The van der Waals surface area contributed by atoms with Gasteiger partial charge < -0.3 is 10.2 Å². The minimum absolute atomic E-state index is 0.0445. The lowest BCUT2D eigenvalue weighted by atomic mass is 10.2. The van der Waals surface area contributed by atoms with E-state index in [2.05, 4.69) is 10.3 Å². The maximum Gasteiger partial charge on any atom is 0.256 e. The Labute approximate surface area is 168 Å². The molecule has 29 heavy (non-hydrogen) atoms. The highest BCUT2D eigenvalue weighted by Gasteiger charge is 2.16. The van der Waals surface area contributed by atoms with E-state index in [0.717, 1.165) is 5.56 Å². The lowest BCUT2D eigenvalue weighted by Gasteiger charge is -2.22. The van der Waals surface area contributed by atoms with Gasteiger partial charge >= 0.3 is 0 Å². The summed E-state index contributed by atoms with van der Waals surface area (Å²) >= 11 is 0. The van der Waals surface area contributed by atoms with Crippen LogP contribution in [-0.2, 0) is 13.2 Å². The molecule has 0 saturated carbocycles. The Kier molecular flexibility index (Phi) is 6.52. The van der Waals surface area contributed by atoms with E-state index in [4.69, 9.17) is 0 Å². The lowest BCUT2D eigenvalue weighted by Crippen LogP contribution is -2.37. The smallest absolute Gasteiger partial charge is 0.256 e. The van der Waals surface area contributed by atoms with Crippen molar-refractivity contribution in [2.45, 2.75) is 20.1 Å². The molecule has 148 valence electrons. The predicted molar refractivity (Wildman–Crippen MR) is 109 cm³/mol. The Morgan fingerprint density at radius 1 is 1.03 bits per heavy atom. The number of benzene rings is 1. The molecule has 3 aromatic rings. The third-order valence-corrected chi connectivity index (χ3v) is 4.44. The third-order valence-electron chi connectivity index (χ3n) is 4.44. The van der Waals surface area contributed by atoms with Crippen LogP contribution in [0, 0.1) is 0 Å². The van der Waals surface area contributed by atoms with Gasteiger partial charge in [-0.1, -0.05) is 30.3 Å². The van der Waals surface area contributed by atoms with Crippen molar-refractivity contribution in [2.24, 2.45) is 0 Å². The molecule has 2 aromatic heterocycles. The van der Waals surface area contributed by atoms with Crippen LogP contribution in [-0.4, -0.2) is 32.8 Å². The van der Waals surface area contributed by atoms with E-state index < -0.39 is 0 Å².